The van der Waals surface area contributed by atoms with E-state index >= 15 is 0 Å². The molecule has 0 bridgehead atoms. The maximum atomic E-state index is 12.9. The van der Waals surface area contributed by atoms with Crippen molar-refractivity contribution in [1.82, 2.24) is 0 Å². The monoisotopic (exact) mass is 426 g/mol. The molecule has 2 aliphatic rings. The molecule has 0 saturated carbocycles. The SMILES string of the molecule is CC(=O)O[C@@H]1CC[C@H](OCc2cc(O)c3c(c2O)C(=O)c2ccccc2C3=O)O[C@H]1C. The Kier molecular flexibility index (Phi) is 5.51. The van der Waals surface area contributed by atoms with Crippen LogP contribution in [-0.4, -0.2) is 46.2 Å². The molecule has 2 aromatic rings. The number of esters is 1. The van der Waals surface area contributed by atoms with E-state index in [1.165, 1.54) is 25.1 Å². The number of fused-ring (bicyclic) bond motifs is 2. The topological polar surface area (TPSA) is 119 Å². The second kappa shape index (κ2) is 8.13. The summed E-state index contributed by atoms with van der Waals surface area (Å²) >= 11 is 0. The average Bonchev–Trinajstić information content (AvgIpc) is 2.73. The van der Waals surface area contributed by atoms with Crippen molar-refractivity contribution in [2.24, 2.45) is 0 Å². The number of aromatic hydroxyl groups is 2. The van der Waals surface area contributed by atoms with Gasteiger partial charge in [-0.25, -0.2) is 0 Å². The zero-order valence-corrected chi connectivity index (χ0v) is 17.1. The molecule has 1 heterocycles. The summed E-state index contributed by atoms with van der Waals surface area (Å²) in [5.41, 5.74) is 0.0846. The number of ether oxygens (including phenoxy) is 3. The molecule has 8 nitrogen and oxygen atoms in total. The Hall–Kier alpha value is -3.23. The van der Waals surface area contributed by atoms with Gasteiger partial charge in [0.05, 0.1) is 23.8 Å². The number of benzene rings is 2. The van der Waals surface area contributed by atoms with Crippen molar-refractivity contribution in [2.75, 3.05) is 0 Å². The van der Waals surface area contributed by atoms with Gasteiger partial charge in [-0.1, -0.05) is 24.3 Å². The maximum absolute atomic E-state index is 12.9. The Bertz CT molecular complexity index is 1070. The number of rotatable bonds is 4. The van der Waals surface area contributed by atoms with Crippen molar-refractivity contribution < 1.29 is 38.8 Å². The van der Waals surface area contributed by atoms with Gasteiger partial charge < -0.3 is 24.4 Å². The molecule has 1 fully saturated rings. The Morgan fingerprint density at radius 1 is 1.10 bits per heavy atom. The third-order valence-corrected chi connectivity index (χ3v) is 5.55. The quantitative estimate of drug-likeness (QED) is 0.483. The minimum atomic E-state index is -0.613. The molecule has 31 heavy (non-hydrogen) atoms. The highest BCUT2D eigenvalue weighted by atomic mass is 16.7. The van der Waals surface area contributed by atoms with E-state index in [9.17, 15) is 24.6 Å². The van der Waals surface area contributed by atoms with Crippen LogP contribution in [0.25, 0.3) is 0 Å². The van der Waals surface area contributed by atoms with E-state index < -0.39 is 29.4 Å². The molecular weight excluding hydrogens is 404 g/mol. The number of phenols is 2. The third-order valence-electron chi connectivity index (χ3n) is 5.55. The zero-order chi connectivity index (χ0) is 22.3. The highest BCUT2D eigenvalue weighted by molar-refractivity contribution is 6.30. The Morgan fingerprint density at radius 2 is 1.74 bits per heavy atom. The lowest BCUT2D eigenvalue weighted by Gasteiger charge is -2.33. The molecule has 1 aliphatic carbocycles. The van der Waals surface area contributed by atoms with Crippen LogP contribution in [0.2, 0.25) is 0 Å². The van der Waals surface area contributed by atoms with Crippen molar-refractivity contribution in [2.45, 2.75) is 51.8 Å². The molecule has 162 valence electrons. The van der Waals surface area contributed by atoms with E-state index in [1.54, 1.807) is 19.1 Å². The van der Waals surface area contributed by atoms with Gasteiger partial charge in [-0.2, -0.15) is 0 Å². The lowest BCUT2D eigenvalue weighted by atomic mass is 9.82. The van der Waals surface area contributed by atoms with Crippen molar-refractivity contribution in [3.05, 3.63) is 58.1 Å². The molecule has 3 atom stereocenters. The Morgan fingerprint density at radius 3 is 2.35 bits per heavy atom. The first-order valence-electron chi connectivity index (χ1n) is 9.98. The molecule has 0 unspecified atom stereocenters. The smallest absolute Gasteiger partial charge is 0.302 e. The Balaban J connectivity index is 1.54. The van der Waals surface area contributed by atoms with Crippen molar-refractivity contribution in [1.29, 1.82) is 0 Å². The first kappa shape index (κ1) is 21.0. The minimum Gasteiger partial charge on any atom is -0.507 e. The largest absolute Gasteiger partial charge is 0.507 e. The molecule has 4 rings (SSSR count). The predicted molar refractivity (Wildman–Crippen MR) is 107 cm³/mol. The average molecular weight is 426 g/mol. The summed E-state index contributed by atoms with van der Waals surface area (Å²) in [5.74, 6) is -2.23. The van der Waals surface area contributed by atoms with Crippen LogP contribution < -0.4 is 0 Å². The van der Waals surface area contributed by atoms with Gasteiger partial charge in [0, 0.05) is 30.0 Å². The molecule has 1 aliphatic heterocycles. The summed E-state index contributed by atoms with van der Waals surface area (Å²) in [7, 11) is 0. The van der Waals surface area contributed by atoms with Gasteiger partial charge in [0.1, 0.15) is 17.6 Å². The van der Waals surface area contributed by atoms with Gasteiger partial charge in [-0.05, 0) is 19.4 Å². The van der Waals surface area contributed by atoms with Crippen LogP contribution in [0, 0.1) is 0 Å². The summed E-state index contributed by atoms with van der Waals surface area (Å²) in [5, 5.41) is 21.2. The second-order valence-electron chi connectivity index (χ2n) is 7.66. The van der Waals surface area contributed by atoms with E-state index in [-0.39, 0.29) is 52.6 Å². The van der Waals surface area contributed by atoms with Crippen LogP contribution in [0.5, 0.6) is 11.5 Å². The number of carbonyl (C=O) groups excluding carboxylic acids is 3. The molecular formula is C23H22O8. The molecule has 0 aromatic heterocycles. The fourth-order valence-corrected chi connectivity index (χ4v) is 4.03. The van der Waals surface area contributed by atoms with Crippen LogP contribution in [0.15, 0.2) is 30.3 Å². The molecule has 0 amide bonds. The van der Waals surface area contributed by atoms with Gasteiger partial charge >= 0.3 is 5.97 Å². The summed E-state index contributed by atoms with van der Waals surface area (Å²) < 4.78 is 16.6. The third kappa shape index (κ3) is 3.80. The molecule has 0 radical (unpaired) electrons. The number of hydrogen-bond donors (Lipinski definition) is 2. The first-order chi connectivity index (χ1) is 14.8. The van der Waals surface area contributed by atoms with Crippen LogP contribution >= 0.6 is 0 Å². The van der Waals surface area contributed by atoms with Crippen LogP contribution in [0.1, 0.15) is 64.1 Å². The molecule has 2 N–H and O–H groups in total. The van der Waals surface area contributed by atoms with E-state index in [1.807, 2.05) is 0 Å². The zero-order valence-electron chi connectivity index (χ0n) is 17.1. The fourth-order valence-electron chi connectivity index (χ4n) is 4.03. The minimum absolute atomic E-state index is 0.147. The second-order valence-corrected chi connectivity index (χ2v) is 7.66. The van der Waals surface area contributed by atoms with E-state index in [2.05, 4.69) is 0 Å². The van der Waals surface area contributed by atoms with Gasteiger partial charge in [0.25, 0.3) is 0 Å². The maximum Gasteiger partial charge on any atom is 0.302 e. The summed E-state index contributed by atoms with van der Waals surface area (Å²) in [4.78, 5) is 36.8. The molecule has 0 spiro atoms. The Labute approximate surface area is 178 Å². The van der Waals surface area contributed by atoms with E-state index in [4.69, 9.17) is 14.2 Å². The van der Waals surface area contributed by atoms with Gasteiger partial charge in [-0.3, -0.25) is 14.4 Å². The normalized spacial score (nSPS) is 22.6. The van der Waals surface area contributed by atoms with Crippen molar-refractivity contribution in [3.8, 4) is 11.5 Å². The number of hydrogen-bond acceptors (Lipinski definition) is 8. The fraction of sp³-hybridized carbons (Fsp3) is 0.348. The summed E-state index contributed by atoms with van der Waals surface area (Å²) in [6.45, 7) is 2.96. The highest BCUT2D eigenvalue weighted by Gasteiger charge is 2.36. The van der Waals surface area contributed by atoms with Gasteiger partial charge in [-0.15, -0.1) is 0 Å². The number of ketones is 2. The first-order valence-corrected chi connectivity index (χ1v) is 9.98. The molecule has 1 saturated heterocycles. The predicted octanol–water partition coefficient (Wildman–Crippen LogP) is 2.85. The van der Waals surface area contributed by atoms with Crippen LogP contribution in [-0.2, 0) is 25.6 Å². The highest BCUT2D eigenvalue weighted by Crippen LogP contribution is 2.40. The number of phenolic OH excluding ortho intramolecular Hbond substituents is 2. The van der Waals surface area contributed by atoms with Crippen LogP contribution in [0.3, 0.4) is 0 Å². The van der Waals surface area contributed by atoms with Crippen molar-refractivity contribution >= 4 is 17.5 Å². The standard InChI is InChI=1S/C23H22O8/c1-11-17(31-12(2)24)7-8-18(30-11)29-10-13-9-16(25)19-20(21(13)26)23(28)15-6-4-3-5-14(15)22(19)27/h3-6,9,11,17-18,25-26H,7-8,10H2,1-2H3/t11-,17+,18+/m0/s1. The van der Waals surface area contributed by atoms with E-state index in [0.717, 1.165) is 0 Å². The van der Waals surface area contributed by atoms with Crippen molar-refractivity contribution in [3.63, 3.8) is 0 Å². The van der Waals surface area contributed by atoms with Gasteiger partial charge in [0.2, 0.25) is 0 Å². The summed E-state index contributed by atoms with van der Waals surface area (Å²) in [6, 6.07) is 7.50. The molecule has 8 heteroatoms. The van der Waals surface area contributed by atoms with Gasteiger partial charge in [0.15, 0.2) is 17.9 Å². The lowest BCUT2D eigenvalue weighted by molar-refractivity contribution is -0.228. The van der Waals surface area contributed by atoms with E-state index in [0.29, 0.717) is 12.8 Å². The van der Waals surface area contributed by atoms with Crippen LogP contribution in [0.4, 0.5) is 0 Å². The lowest BCUT2D eigenvalue weighted by Crippen LogP contribution is -2.40. The molecule has 2 aromatic carbocycles. The number of carbonyl (C=O) groups is 3. The summed E-state index contributed by atoms with van der Waals surface area (Å²) in [6.07, 6.45) is -0.329.